The number of benzene rings is 3. The summed E-state index contributed by atoms with van der Waals surface area (Å²) in [6, 6.07) is 22.3. The highest BCUT2D eigenvalue weighted by Gasteiger charge is 2.37. The largest absolute Gasteiger partial charge is 0.284 e. The van der Waals surface area contributed by atoms with Crippen molar-refractivity contribution in [2.24, 2.45) is 5.10 Å². The monoisotopic (exact) mass is 469 g/mol. The van der Waals surface area contributed by atoms with Gasteiger partial charge < -0.3 is 0 Å². The Morgan fingerprint density at radius 1 is 0.906 bits per heavy atom. The summed E-state index contributed by atoms with van der Waals surface area (Å²) in [6.45, 7) is 1.90. The fourth-order valence-corrected chi connectivity index (χ4v) is 5.59. The Hall–Kier alpha value is -3.17. The molecule has 1 aliphatic rings. The second kappa shape index (κ2) is 8.40. The van der Waals surface area contributed by atoms with Gasteiger partial charge in [0.2, 0.25) is 10.0 Å². The standard InChI is InChI=1S/C23H23N3O4S2/c1-17-11-13-21(14-12-17)32(29,30)26-23(18-7-4-3-5-8-18)16-22(24-26)19-9-6-10-20(15-19)25-31(2,27)28/h3-15,23,25H,16H2,1-2H3/t23-/m0/s1. The lowest BCUT2D eigenvalue weighted by Crippen LogP contribution is -2.27. The predicted octanol–water partition coefficient (Wildman–Crippen LogP) is 3.91. The molecule has 0 spiro atoms. The second-order valence-corrected chi connectivity index (χ2v) is 11.3. The van der Waals surface area contributed by atoms with Crippen LogP contribution in [0, 0.1) is 6.92 Å². The van der Waals surface area contributed by atoms with Gasteiger partial charge in [-0.15, -0.1) is 0 Å². The van der Waals surface area contributed by atoms with Crippen LogP contribution in [0.15, 0.2) is 88.9 Å². The van der Waals surface area contributed by atoms with Crippen molar-refractivity contribution < 1.29 is 16.8 Å². The smallest absolute Gasteiger partial charge is 0.279 e. The first-order valence-corrected chi connectivity index (χ1v) is 13.3. The molecule has 0 saturated heterocycles. The summed E-state index contributed by atoms with van der Waals surface area (Å²) < 4.78 is 53.8. The third-order valence-corrected chi connectivity index (χ3v) is 7.42. The van der Waals surface area contributed by atoms with E-state index in [1.807, 2.05) is 37.3 Å². The van der Waals surface area contributed by atoms with E-state index in [1.165, 1.54) is 4.41 Å². The highest BCUT2D eigenvalue weighted by atomic mass is 32.2. The molecule has 4 rings (SSSR count). The van der Waals surface area contributed by atoms with Gasteiger partial charge in [0, 0.05) is 12.1 Å². The number of rotatable bonds is 6. The van der Waals surface area contributed by atoms with E-state index in [2.05, 4.69) is 9.82 Å². The minimum atomic E-state index is -3.90. The summed E-state index contributed by atoms with van der Waals surface area (Å²) in [7, 11) is -7.34. The molecule has 0 bridgehead atoms. The number of nitrogens with zero attached hydrogens (tertiary/aromatic N) is 2. The van der Waals surface area contributed by atoms with Gasteiger partial charge >= 0.3 is 0 Å². The van der Waals surface area contributed by atoms with E-state index in [-0.39, 0.29) is 4.90 Å². The summed E-state index contributed by atoms with van der Waals surface area (Å²) in [5, 5.41) is 4.51. The van der Waals surface area contributed by atoms with Crippen molar-refractivity contribution in [1.82, 2.24) is 4.41 Å². The van der Waals surface area contributed by atoms with Gasteiger partial charge in [0.15, 0.2) is 0 Å². The summed E-state index contributed by atoms with van der Waals surface area (Å²) in [4.78, 5) is 0.168. The minimum absolute atomic E-state index is 0.168. The van der Waals surface area contributed by atoms with E-state index in [4.69, 9.17) is 0 Å². The Morgan fingerprint density at radius 2 is 1.59 bits per heavy atom. The zero-order valence-corrected chi connectivity index (χ0v) is 19.3. The maximum Gasteiger partial charge on any atom is 0.279 e. The van der Waals surface area contributed by atoms with Crippen molar-refractivity contribution in [2.75, 3.05) is 11.0 Å². The summed E-state index contributed by atoms with van der Waals surface area (Å²) in [5.74, 6) is 0. The molecule has 0 amide bonds. The minimum Gasteiger partial charge on any atom is -0.284 e. The van der Waals surface area contributed by atoms with Gasteiger partial charge in [0.1, 0.15) is 0 Å². The third-order valence-electron chi connectivity index (χ3n) is 5.12. The van der Waals surface area contributed by atoms with Crippen LogP contribution < -0.4 is 4.72 Å². The zero-order chi connectivity index (χ0) is 22.9. The Balaban J connectivity index is 1.77. The van der Waals surface area contributed by atoms with Crippen LogP contribution in [0.1, 0.15) is 29.2 Å². The van der Waals surface area contributed by atoms with Gasteiger partial charge in [-0.05, 0) is 42.3 Å². The highest BCUT2D eigenvalue weighted by molar-refractivity contribution is 7.92. The first kappa shape index (κ1) is 22.0. The summed E-state index contributed by atoms with van der Waals surface area (Å²) >= 11 is 0. The van der Waals surface area contributed by atoms with Gasteiger partial charge in [-0.25, -0.2) is 8.42 Å². The Labute approximate surface area is 188 Å². The lowest BCUT2D eigenvalue weighted by molar-refractivity contribution is 0.371. The molecule has 0 radical (unpaired) electrons. The highest BCUT2D eigenvalue weighted by Crippen LogP contribution is 2.37. The maximum absolute atomic E-state index is 13.5. The van der Waals surface area contributed by atoms with Gasteiger partial charge in [-0.2, -0.15) is 17.9 Å². The van der Waals surface area contributed by atoms with Crippen LogP contribution in [-0.4, -0.2) is 33.2 Å². The molecule has 9 heteroatoms. The third kappa shape index (κ3) is 4.68. The maximum atomic E-state index is 13.5. The van der Waals surface area contributed by atoms with E-state index in [9.17, 15) is 16.8 Å². The van der Waals surface area contributed by atoms with Crippen LogP contribution in [-0.2, 0) is 20.0 Å². The number of anilines is 1. The van der Waals surface area contributed by atoms with Crippen molar-refractivity contribution in [3.63, 3.8) is 0 Å². The predicted molar refractivity (Wildman–Crippen MR) is 125 cm³/mol. The van der Waals surface area contributed by atoms with Crippen molar-refractivity contribution in [1.29, 1.82) is 0 Å². The molecule has 0 saturated carbocycles. The van der Waals surface area contributed by atoms with Crippen molar-refractivity contribution in [3.8, 4) is 0 Å². The first-order valence-electron chi connectivity index (χ1n) is 9.95. The van der Waals surface area contributed by atoms with Crippen molar-refractivity contribution in [2.45, 2.75) is 24.3 Å². The summed E-state index contributed by atoms with van der Waals surface area (Å²) in [6.07, 6.45) is 1.44. The average Bonchev–Trinajstić information content (AvgIpc) is 3.20. The molecule has 0 aromatic heterocycles. The van der Waals surface area contributed by atoms with Crippen LogP contribution >= 0.6 is 0 Å². The SMILES string of the molecule is Cc1ccc(S(=O)(=O)N2N=C(c3cccc(NS(C)(=O)=O)c3)C[C@H]2c2ccccc2)cc1. The Kier molecular flexibility index (Phi) is 5.79. The van der Waals surface area contributed by atoms with Crippen LogP contribution in [0.4, 0.5) is 5.69 Å². The van der Waals surface area contributed by atoms with E-state index in [0.29, 0.717) is 23.4 Å². The molecule has 166 valence electrons. The topological polar surface area (TPSA) is 95.9 Å². The fraction of sp³-hybridized carbons (Fsp3) is 0.174. The van der Waals surface area contributed by atoms with Crippen molar-refractivity contribution >= 4 is 31.4 Å². The second-order valence-electron chi connectivity index (χ2n) is 7.72. The van der Waals surface area contributed by atoms with E-state index in [0.717, 1.165) is 17.4 Å². The van der Waals surface area contributed by atoms with E-state index >= 15 is 0 Å². The molecule has 0 aliphatic carbocycles. The molecule has 3 aromatic rings. The molecule has 1 atom stereocenters. The molecular weight excluding hydrogens is 446 g/mol. The lowest BCUT2D eigenvalue weighted by Gasteiger charge is -2.23. The van der Waals surface area contributed by atoms with Gasteiger partial charge in [0.25, 0.3) is 10.0 Å². The number of sulfonamides is 2. The van der Waals surface area contributed by atoms with Gasteiger partial charge in [-0.1, -0.05) is 60.2 Å². The number of nitrogens with one attached hydrogen (secondary N) is 1. The Bertz CT molecular complexity index is 1370. The summed E-state index contributed by atoms with van der Waals surface area (Å²) in [5.41, 5.74) is 3.40. The molecule has 0 unspecified atom stereocenters. The zero-order valence-electron chi connectivity index (χ0n) is 17.6. The van der Waals surface area contributed by atoms with Crippen LogP contribution in [0.2, 0.25) is 0 Å². The van der Waals surface area contributed by atoms with E-state index in [1.54, 1.807) is 48.5 Å². The number of hydrogen-bond acceptors (Lipinski definition) is 5. The number of hydrogen-bond donors (Lipinski definition) is 1. The normalized spacial score (nSPS) is 16.6. The van der Waals surface area contributed by atoms with Crippen LogP contribution in [0.25, 0.3) is 0 Å². The molecular formula is C23H23N3O4S2. The molecule has 1 N–H and O–H groups in total. The molecule has 7 nitrogen and oxygen atoms in total. The van der Waals surface area contributed by atoms with E-state index < -0.39 is 26.1 Å². The van der Waals surface area contributed by atoms with Gasteiger partial charge in [0.05, 0.1) is 22.9 Å². The van der Waals surface area contributed by atoms with Gasteiger partial charge in [-0.3, -0.25) is 4.72 Å². The fourth-order valence-electron chi connectivity index (χ4n) is 3.60. The molecule has 1 heterocycles. The van der Waals surface area contributed by atoms with Crippen LogP contribution in [0.5, 0.6) is 0 Å². The lowest BCUT2D eigenvalue weighted by atomic mass is 9.99. The molecule has 0 fully saturated rings. The van der Waals surface area contributed by atoms with Crippen LogP contribution in [0.3, 0.4) is 0 Å². The molecule has 1 aliphatic heterocycles. The Morgan fingerprint density at radius 3 is 2.25 bits per heavy atom. The van der Waals surface area contributed by atoms with Crippen molar-refractivity contribution in [3.05, 3.63) is 95.6 Å². The quantitative estimate of drug-likeness (QED) is 0.592. The number of hydrazone groups is 1. The average molecular weight is 470 g/mol. The molecule has 3 aromatic carbocycles. The first-order chi connectivity index (χ1) is 15.1. The molecule has 32 heavy (non-hydrogen) atoms. The number of aryl methyl sites for hydroxylation is 1.